The van der Waals surface area contributed by atoms with Gasteiger partial charge in [0, 0.05) is 0 Å². The Morgan fingerprint density at radius 2 is 2.50 bits per heavy atom. The third-order valence-electron chi connectivity index (χ3n) is 0.416. The average Bonchev–Trinajstić information content (AvgIpc) is 1.61. The summed E-state index contributed by atoms with van der Waals surface area (Å²) in [5.74, 6) is 0. The molecule has 2 nitrogen and oxygen atoms in total. The van der Waals surface area contributed by atoms with E-state index in [4.69, 9.17) is 0 Å². The Labute approximate surface area is 36.8 Å². The van der Waals surface area contributed by atoms with E-state index in [9.17, 15) is 4.91 Å². The van der Waals surface area contributed by atoms with Crippen molar-refractivity contribution in [3.8, 4) is 0 Å². The zero-order valence-electron chi connectivity index (χ0n) is 3.72. The molecule has 0 unspecified atom stereocenters. The maximum atomic E-state index is 9.26. The van der Waals surface area contributed by atoms with Gasteiger partial charge in [-0.25, -0.2) is 0 Å². The first-order valence-corrected chi connectivity index (χ1v) is 1.82. The lowest BCUT2D eigenvalue weighted by Gasteiger charge is -1.65. The zero-order chi connectivity index (χ0) is 4.83. The van der Waals surface area contributed by atoms with Gasteiger partial charge in [-0.05, 0) is 6.92 Å². The van der Waals surface area contributed by atoms with Gasteiger partial charge in [0.15, 0.2) is 0 Å². The minimum absolute atomic E-state index is 0.302. The van der Waals surface area contributed by atoms with Gasteiger partial charge in [-0.3, -0.25) is 0 Å². The fraction of sp³-hybridized carbons (Fsp3) is 0.500. The molecule has 0 aromatic heterocycles. The summed E-state index contributed by atoms with van der Waals surface area (Å²) in [6.07, 6.45) is 3.49. The Bertz CT molecular complexity index is 58.6. The SMILES string of the molecule is C/C=C\CN=O. The van der Waals surface area contributed by atoms with Crippen molar-refractivity contribution in [2.24, 2.45) is 5.18 Å². The lowest BCUT2D eigenvalue weighted by atomic mass is 10.5. The molecular weight excluding hydrogens is 78.0 g/mol. The fourth-order valence-corrected chi connectivity index (χ4v) is 0.148. The highest BCUT2D eigenvalue weighted by atomic mass is 16.3. The summed E-state index contributed by atoms with van der Waals surface area (Å²) in [4.78, 5) is 9.26. The molecule has 6 heavy (non-hydrogen) atoms. The summed E-state index contributed by atoms with van der Waals surface area (Å²) in [5, 5.41) is 2.59. The standard InChI is InChI=1S/C4H7NO/c1-2-3-4-5-6/h2-3H,4H2,1H3/b3-2-. The Kier molecular flexibility index (Phi) is 3.86. The number of allylic oxidation sites excluding steroid dienone is 1. The zero-order valence-corrected chi connectivity index (χ0v) is 3.72. The second kappa shape index (κ2) is 4.34. The van der Waals surface area contributed by atoms with E-state index in [0.717, 1.165) is 0 Å². The summed E-state index contributed by atoms with van der Waals surface area (Å²) in [6.45, 7) is 2.15. The van der Waals surface area contributed by atoms with Crippen molar-refractivity contribution < 1.29 is 0 Å². The largest absolute Gasteiger partial charge is 0.150 e. The lowest BCUT2D eigenvalue weighted by Crippen LogP contribution is -1.61. The van der Waals surface area contributed by atoms with E-state index < -0.39 is 0 Å². The molecule has 0 N–H and O–H groups in total. The van der Waals surface area contributed by atoms with Crippen molar-refractivity contribution in [3.05, 3.63) is 17.1 Å². The Morgan fingerprint density at radius 3 is 2.67 bits per heavy atom. The maximum absolute atomic E-state index is 9.26. The summed E-state index contributed by atoms with van der Waals surface area (Å²) >= 11 is 0. The molecule has 0 saturated carbocycles. The summed E-state index contributed by atoms with van der Waals surface area (Å²) in [7, 11) is 0. The molecule has 34 valence electrons. The average molecular weight is 85.1 g/mol. The van der Waals surface area contributed by atoms with E-state index in [-0.39, 0.29) is 0 Å². The van der Waals surface area contributed by atoms with Crippen LogP contribution in [0.4, 0.5) is 0 Å². The van der Waals surface area contributed by atoms with Gasteiger partial charge in [0.05, 0.1) is 6.54 Å². The normalized spacial score (nSPS) is 9.50. The van der Waals surface area contributed by atoms with Crippen molar-refractivity contribution in [2.75, 3.05) is 6.54 Å². The first kappa shape index (κ1) is 5.34. The van der Waals surface area contributed by atoms with Gasteiger partial charge >= 0.3 is 0 Å². The van der Waals surface area contributed by atoms with Crippen LogP contribution in [0.5, 0.6) is 0 Å². The molecule has 0 aliphatic rings. The van der Waals surface area contributed by atoms with Crippen LogP contribution >= 0.6 is 0 Å². The van der Waals surface area contributed by atoms with Crippen LogP contribution in [0.25, 0.3) is 0 Å². The molecule has 0 aromatic carbocycles. The third kappa shape index (κ3) is 3.34. The van der Waals surface area contributed by atoms with Crippen LogP contribution in [-0.2, 0) is 0 Å². The van der Waals surface area contributed by atoms with Crippen molar-refractivity contribution >= 4 is 0 Å². The molecule has 0 radical (unpaired) electrons. The second-order valence-electron chi connectivity index (χ2n) is 0.881. The van der Waals surface area contributed by atoms with Gasteiger partial charge < -0.3 is 0 Å². The summed E-state index contributed by atoms with van der Waals surface area (Å²) < 4.78 is 0. The predicted octanol–water partition coefficient (Wildman–Crippen LogP) is 1.33. The van der Waals surface area contributed by atoms with Crippen LogP contribution < -0.4 is 0 Å². The van der Waals surface area contributed by atoms with Crippen molar-refractivity contribution in [1.82, 2.24) is 0 Å². The van der Waals surface area contributed by atoms with Crippen LogP contribution in [0.15, 0.2) is 17.3 Å². The van der Waals surface area contributed by atoms with Crippen LogP contribution in [-0.4, -0.2) is 6.54 Å². The Hall–Kier alpha value is -0.660. The highest BCUT2D eigenvalue weighted by Crippen LogP contribution is 1.68. The van der Waals surface area contributed by atoms with E-state index in [1.165, 1.54) is 0 Å². The molecule has 0 amide bonds. The van der Waals surface area contributed by atoms with E-state index in [2.05, 4.69) is 5.18 Å². The quantitative estimate of drug-likeness (QED) is 0.367. The number of hydrogen-bond acceptors (Lipinski definition) is 2. The molecule has 0 bridgehead atoms. The summed E-state index contributed by atoms with van der Waals surface area (Å²) in [5.41, 5.74) is 0. The highest BCUT2D eigenvalue weighted by molar-refractivity contribution is 4.78. The number of nitroso groups, excluding NO2 is 1. The maximum Gasteiger partial charge on any atom is 0.0992 e. The highest BCUT2D eigenvalue weighted by Gasteiger charge is 1.62. The lowest BCUT2D eigenvalue weighted by molar-refractivity contribution is 1.22. The smallest absolute Gasteiger partial charge is 0.0992 e. The molecule has 0 aliphatic carbocycles. The van der Waals surface area contributed by atoms with Gasteiger partial charge in [-0.1, -0.05) is 17.3 Å². The van der Waals surface area contributed by atoms with Gasteiger partial charge in [-0.2, -0.15) is 4.91 Å². The fourth-order valence-electron chi connectivity index (χ4n) is 0.148. The van der Waals surface area contributed by atoms with E-state index in [0.29, 0.717) is 6.54 Å². The van der Waals surface area contributed by atoms with Crippen LogP contribution in [0.1, 0.15) is 6.92 Å². The molecule has 0 spiro atoms. The minimum atomic E-state index is 0.302. The van der Waals surface area contributed by atoms with Crippen molar-refractivity contribution in [3.63, 3.8) is 0 Å². The number of rotatable bonds is 2. The topological polar surface area (TPSA) is 29.4 Å². The number of hydrogen-bond donors (Lipinski definition) is 0. The molecule has 0 saturated heterocycles. The van der Waals surface area contributed by atoms with E-state index in [1.54, 1.807) is 12.2 Å². The Balaban J connectivity index is 2.85. The van der Waals surface area contributed by atoms with Crippen molar-refractivity contribution in [1.29, 1.82) is 0 Å². The molecular formula is C4H7NO. The molecule has 2 heteroatoms. The molecule has 0 aliphatic heterocycles. The molecule has 0 heterocycles. The second-order valence-corrected chi connectivity index (χ2v) is 0.881. The van der Waals surface area contributed by atoms with E-state index in [1.807, 2.05) is 6.92 Å². The molecule has 0 atom stereocenters. The summed E-state index contributed by atoms with van der Waals surface area (Å²) in [6, 6.07) is 0. The van der Waals surface area contributed by atoms with E-state index >= 15 is 0 Å². The minimum Gasteiger partial charge on any atom is -0.150 e. The molecule has 0 fully saturated rings. The monoisotopic (exact) mass is 85.1 g/mol. The van der Waals surface area contributed by atoms with Gasteiger partial charge in [-0.15, -0.1) is 0 Å². The van der Waals surface area contributed by atoms with Crippen LogP contribution in [0.2, 0.25) is 0 Å². The molecule has 0 aromatic rings. The predicted molar refractivity (Wildman–Crippen MR) is 25.5 cm³/mol. The number of nitrogens with zero attached hydrogens (tertiary/aromatic N) is 1. The first-order valence-electron chi connectivity index (χ1n) is 1.82. The van der Waals surface area contributed by atoms with Gasteiger partial charge in [0.25, 0.3) is 0 Å². The first-order chi connectivity index (χ1) is 2.91. The van der Waals surface area contributed by atoms with Crippen LogP contribution in [0, 0.1) is 4.91 Å². The molecule has 0 rings (SSSR count). The Morgan fingerprint density at radius 1 is 1.83 bits per heavy atom. The van der Waals surface area contributed by atoms with Gasteiger partial charge in [0.1, 0.15) is 0 Å². The van der Waals surface area contributed by atoms with Crippen LogP contribution in [0.3, 0.4) is 0 Å². The third-order valence-corrected chi connectivity index (χ3v) is 0.416. The van der Waals surface area contributed by atoms with Crippen molar-refractivity contribution in [2.45, 2.75) is 6.92 Å². The van der Waals surface area contributed by atoms with Gasteiger partial charge in [0.2, 0.25) is 0 Å².